The molecule has 1 aromatic carbocycles. The molecule has 1 aliphatic heterocycles. The van der Waals surface area contributed by atoms with Gasteiger partial charge in [-0.25, -0.2) is 0 Å². The van der Waals surface area contributed by atoms with Gasteiger partial charge in [0.2, 0.25) is 0 Å². The van der Waals surface area contributed by atoms with E-state index >= 15 is 0 Å². The summed E-state index contributed by atoms with van der Waals surface area (Å²) in [6.07, 6.45) is 0. The number of anilines is 1. The van der Waals surface area contributed by atoms with Gasteiger partial charge in [0.1, 0.15) is 0 Å². The van der Waals surface area contributed by atoms with Crippen LogP contribution in [-0.4, -0.2) is 19.8 Å². The molecule has 70 valence electrons. The molecule has 1 fully saturated rings. The maximum Gasteiger partial charge on any atom is 0.0662 e. The van der Waals surface area contributed by atoms with Gasteiger partial charge in [-0.3, -0.25) is 0 Å². The van der Waals surface area contributed by atoms with Crippen LogP contribution in [0.25, 0.3) is 0 Å². The second-order valence-electron chi connectivity index (χ2n) is 3.25. The van der Waals surface area contributed by atoms with Crippen LogP contribution >= 0.6 is 0 Å². The first-order valence-electron chi connectivity index (χ1n) is 4.53. The number of benzene rings is 1. The van der Waals surface area contributed by atoms with E-state index in [2.05, 4.69) is 11.4 Å². The molecule has 3 nitrogen and oxygen atoms in total. The molecule has 3 N–H and O–H groups in total. The molecule has 0 aromatic heterocycles. The molecule has 1 atom stereocenters. The SMILES string of the molecule is Nc1cccc([C@@H]2COCCN2)c1. The van der Waals surface area contributed by atoms with Gasteiger partial charge in [0.25, 0.3) is 0 Å². The van der Waals surface area contributed by atoms with Gasteiger partial charge in [0, 0.05) is 12.2 Å². The predicted octanol–water partition coefficient (Wildman–Crippen LogP) is 0.930. The maximum absolute atomic E-state index is 5.70. The zero-order valence-corrected chi connectivity index (χ0v) is 7.49. The molecule has 1 aromatic rings. The van der Waals surface area contributed by atoms with Crippen molar-refractivity contribution in [3.63, 3.8) is 0 Å². The van der Waals surface area contributed by atoms with E-state index in [1.807, 2.05) is 18.2 Å². The molecule has 0 bridgehead atoms. The Morgan fingerprint density at radius 1 is 1.46 bits per heavy atom. The highest BCUT2D eigenvalue weighted by Gasteiger charge is 2.14. The van der Waals surface area contributed by atoms with E-state index < -0.39 is 0 Å². The third kappa shape index (κ3) is 1.99. The van der Waals surface area contributed by atoms with E-state index in [9.17, 15) is 0 Å². The van der Waals surface area contributed by atoms with E-state index in [-0.39, 0.29) is 0 Å². The number of nitrogen functional groups attached to an aromatic ring is 1. The summed E-state index contributed by atoms with van der Waals surface area (Å²) in [5.41, 5.74) is 7.71. The molecular formula is C10H14N2O. The minimum absolute atomic E-state index is 0.303. The van der Waals surface area contributed by atoms with Crippen LogP contribution in [0.2, 0.25) is 0 Å². The summed E-state index contributed by atoms with van der Waals surface area (Å²) < 4.78 is 5.37. The third-order valence-electron chi connectivity index (χ3n) is 2.23. The first-order valence-corrected chi connectivity index (χ1v) is 4.53. The average molecular weight is 178 g/mol. The summed E-state index contributed by atoms with van der Waals surface area (Å²) in [5.74, 6) is 0. The normalized spacial score (nSPS) is 22.9. The van der Waals surface area contributed by atoms with Crippen LogP contribution in [0.5, 0.6) is 0 Å². The zero-order chi connectivity index (χ0) is 9.10. The largest absolute Gasteiger partial charge is 0.399 e. The number of morpholine rings is 1. The van der Waals surface area contributed by atoms with Crippen LogP contribution in [0.3, 0.4) is 0 Å². The van der Waals surface area contributed by atoms with Crippen LogP contribution in [0.15, 0.2) is 24.3 Å². The Bertz CT molecular complexity index is 282. The van der Waals surface area contributed by atoms with Gasteiger partial charge in [-0.05, 0) is 17.7 Å². The Morgan fingerprint density at radius 3 is 3.08 bits per heavy atom. The molecule has 0 radical (unpaired) electrons. The maximum atomic E-state index is 5.70. The zero-order valence-electron chi connectivity index (χ0n) is 7.49. The van der Waals surface area contributed by atoms with Crippen molar-refractivity contribution in [2.75, 3.05) is 25.5 Å². The molecule has 0 unspecified atom stereocenters. The van der Waals surface area contributed by atoms with E-state index in [1.165, 1.54) is 5.56 Å². The second-order valence-corrected chi connectivity index (χ2v) is 3.25. The van der Waals surface area contributed by atoms with Gasteiger partial charge in [0.05, 0.1) is 19.3 Å². The molecule has 0 saturated carbocycles. The van der Waals surface area contributed by atoms with Crippen molar-refractivity contribution in [2.45, 2.75) is 6.04 Å². The van der Waals surface area contributed by atoms with Gasteiger partial charge in [-0.2, -0.15) is 0 Å². The topological polar surface area (TPSA) is 47.3 Å². The Morgan fingerprint density at radius 2 is 2.38 bits per heavy atom. The molecule has 1 heterocycles. The van der Waals surface area contributed by atoms with Crippen LogP contribution in [-0.2, 0) is 4.74 Å². The highest BCUT2D eigenvalue weighted by atomic mass is 16.5. The van der Waals surface area contributed by atoms with Crippen molar-refractivity contribution in [3.05, 3.63) is 29.8 Å². The van der Waals surface area contributed by atoms with E-state index in [4.69, 9.17) is 10.5 Å². The standard InChI is InChI=1S/C10H14N2O/c11-9-3-1-2-8(6-9)10-7-13-5-4-12-10/h1-3,6,10,12H,4-5,7,11H2/t10-/m0/s1. The number of nitrogens with two attached hydrogens (primary N) is 1. The summed E-state index contributed by atoms with van der Waals surface area (Å²) in [4.78, 5) is 0. The van der Waals surface area contributed by atoms with E-state index in [1.54, 1.807) is 0 Å². The summed E-state index contributed by atoms with van der Waals surface area (Å²) in [7, 11) is 0. The van der Waals surface area contributed by atoms with Crippen molar-refractivity contribution >= 4 is 5.69 Å². The van der Waals surface area contributed by atoms with Gasteiger partial charge < -0.3 is 15.8 Å². The van der Waals surface area contributed by atoms with Gasteiger partial charge in [-0.15, -0.1) is 0 Å². The predicted molar refractivity (Wildman–Crippen MR) is 52.4 cm³/mol. The van der Waals surface area contributed by atoms with Crippen molar-refractivity contribution < 1.29 is 4.74 Å². The first kappa shape index (κ1) is 8.53. The smallest absolute Gasteiger partial charge is 0.0662 e. The highest BCUT2D eigenvalue weighted by Crippen LogP contribution is 2.17. The Labute approximate surface area is 77.9 Å². The number of nitrogens with one attached hydrogen (secondary N) is 1. The number of hydrogen-bond acceptors (Lipinski definition) is 3. The minimum atomic E-state index is 0.303. The minimum Gasteiger partial charge on any atom is -0.399 e. The average Bonchev–Trinajstić information content (AvgIpc) is 2.19. The van der Waals surface area contributed by atoms with Crippen LogP contribution < -0.4 is 11.1 Å². The van der Waals surface area contributed by atoms with Crippen LogP contribution in [0.1, 0.15) is 11.6 Å². The summed E-state index contributed by atoms with van der Waals surface area (Å²) >= 11 is 0. The summed E-state index contributed by atoms with van der Waals surface area (Å²) in [6, 6.07) is 8.24. The van der Waals surface area contributed by atoms with E-state index in [0.29, 0.717) is 6.04 Å². The van der Waals surface area contributed by atoms with Gasteiger partial charge >= 0.3 is 0 Å². The van der Waals surface area contributed by atoms with E-state index in [0.717, 1.165) is 25.4 Å². The first-order chi connectivity index (χ1) is 6.36. The fourth-order valence-corrected chi connectivity index (χ4v) is 1.56. The van der Waals surface area contributed by atoms with Gasteiger partial charge in [-0.1, -0.05) is 12.1 Å². The number of ether oxygens (including phenoxy) is 1. The lowest BCUT2D eigenvalue weighted by Gasteiger charge is -2.24. The number of hydrogen-bond donors (Lipinski definition) is 2. The fraction of sp³-hybridized carbons (Fsp3) is 0.400. The van der Waals surface area contributed by atoms with Gasteiger partial charge in [0.15, 0.2) is 0 Å². The van der Waals surface area contributed by atoms with Crippen molar-refractivity contribution in [1.82, 2.24) is 5.32 Å². The lowest BCUT2D eigenvalue weighted by molar-refractivity contribution is 0.0769. The van der Waals surface area contributed by atoms with Crippen molar-refractivity contribution in [1.29, 1.82) is 0 Å². The lowest BCUT2D eigenvalue weighted by Crippen LogP contribution is -2.34. The summed E-state index contributed by atoms with van der Waals surface area (Å²) in [6.45, 7) is 2.46. The fourth-order valence-electron chi connectivity index (χ4n) is 1.56. The quantitative estimate of drug-likeness (QED) is 0.629. The molecule has 13 heavy (non-hydrogen) atoms. The van der Waals surface area contributed by atoms with Crippen molar-refractivity contribution in [3.8, 4) is 0 Å². The second kappa shape index (κ2) is 3.77. The lowest BCUT2D eigenvalue weighted by atomic mass is 10.1. The molecule has 1 saturated heterocycles. The molecule has 0 spiro atoms. The van der Waals surface area contributed by atoms with Crippen LogP contribution in [0, 0.1) is 0 Å². The Balaban J connectivity index is 2.14. The van der Waals surface area contributed by atoms with Crippen molar-refractivity contribution in [2.24, 2.45) is 0 Å². The molecule has 2 rings (SSSR count). The molecule has 0 aliphatic carbocycles. The Hall–Kier alpha value is -1.06. The monoisotopic (exact) mass is 178 g/mol. The molecular weight excluding hydrogens is 164 g/mol. The molecule has 1 aliphatic rings. The third-order valence-corrected chi connectivity index (χ3v) is 2.23. The molecule has 3 heteroatoms. The van der Waals surface area contributed by atoms with Crippen LogP contribution in [0.4, 0.5) is 5.69 Å². The number of rotatable bonds is 1. The highest BCUT2D eigenvalue weighted by molar-refractivity contribution is 5.41. The molecule has 0 amide bonds. The Kier molecular flexibility index (Phi) is 2.47. The summed E-state index contributed by atoms with van der Waals surface area (Å²) in [5, 5.41) is 3.38.